The molecular weight excluding hydrogens is 256 g/mol. The summed E-state index contributed by atoms with van der Waals surface area (Å²) >= 11 is 0. The van der Waals surface area contributed by atoms with E-state index in [-0.39, 0.29) is 0 Å². The van der Waals surface area contributed by atoms with Crippen LogP contribution in [0.4, 0.5) is 5.69 Å². The van der Waals surface area contributed by atoms with Gasteiger partial charge in [-0.05, 0) is 42.8 Å². The SMILES string of the molecule is CCOC(=O)c1cc(N)ccc1OCc1ccncc1. The van der Waals surface area contributed by atoms with Gasteiger partial charge in [-0.15, -0.1) is 0 Å². The molecule has 5 heteroatoms. The Morgan fingerprint density at radius 3 is 2.70 bits per heavy atom. The highest BCUT2D eigenvalue weighted by Gasteiger charge is 2.14. The van der Waals surface area contributed by atoms with Gasteiger partial charge in [0.15, 0.2) is 0 Å². The second-order valence-corrected chi connectivity index (χ2v) is 4.12. The Morgan fingerprint density at radius 2 is 2.00 bits per heavy atom. The molecule has 5 nitrogen and oxygen atoms in total. The molecule has 0 spiro atoms. The molecule has 0 fully saturated rings. The predicted octanol–water partition coefficient (Wildman–Crippen LogP) is 2.42. The monoisotopic (exact) mass is 272 g/mol. The standard InChI is InChI=1S/C15H16N2O3/c1-2-19-15(18)13-9-12(16)3-4-14(13)20-10-11-5-7-17-8-6-11/h3-9H,2,10,16H2,1H3. The minimum atomic E-state index is -0.440. The second kappa shape index (κ2) is 6.56. The summed E-state index contributed by atoms with van der Waals surface area (Å²) in [5.74, 6) is 0.0130. The molecule has 1 heterocycles. The molecule has 0 bridgehead atoms. The number of benzene rings is 1. The molecule has 0 aliphatic rings. The van der Waals surface area contributed by atoms with Crippen LogP contribution < -0.4 is 10.5 Å². The summed E-state index contributed by atoms with van der Waals surface area (Å²) in [6, 6.07) is 8.61. The maximum atomic E-state index is 11.9. The van der Waals surface area contributed by atoms with E-state index in [1.807, 2.05) is 12.1 Å². The Labute approximate surface area is 117 Å². The Balaban J connectivity index is 2.16. The number of nitrogen functional groups attached to an aromatic ring is 1. The number of nitrogens with two attached hydrogens (primary N) is 1. The molecule has 104 valence electrons. The zero-order valence-corrected chi connectivity index (χ0v) is 11.2. The molecule has 0 aliphatic heterocycles. The quantitative estimate of drug-likeness (QED) is 0.668. The van der Waals surface area contributed by atoms with Crippen LogP contribution in [-0.4, -0.2) is 17.6 Å². The van der Waals surface area contributed by atoms with Gasteiger partial charge >= 0.3 is 5.97 Å². The highest BCUT2D eigenvalue weighted by atomic mass is 16.5. The van der Waals surface area contributed by atoms with Crippen molar-refractivity contribution in [3.8, 4) is 5.75 Å². The lowest BCUT2D eigenvalue weighted by atomic mass is 10.2. The van der Waals surface area contributed by atoms with E-state index < -0.39 is 5.97 Å². The highest BCUT2D eigenvalue weighted by Crippen LogP contribution is 2.23. The average Bonchev–Trinajstić information content (AvgIpc) is 2.47. The molecule has 2 aromatic rings. The fourth-order valence-electron chi connectivity index (χ4n) is 1.68. The van der Waals surface area contributed by atoms with Crippen LogP contribution in [0.5, 0.6) is 5.75 Å². The normalized spacial score (nSPS) is 10.1. The van der Waals surface area contributed by atoms with Crippen molar-refractivity contribution in [3.63, 3.8) is 0 Å². The molecule has 2 N–H and O–H groups in total. The first kappa shape index (κ1) is 13.9. The molecule has 0 unspecified atom stereocenters. The van der Waals surface area contributed by atoms with Gasteiger partial charge in [0.25, 0.3) is 0 Å². The van der Waals surface area contributed by atoms with E-state index in [1.54, 1.807) is 37.5 Å². The first-order chi connectivity index (χ1) is 9.70. The number of carbonyl (C=O) groups excluding carboxylic acids is 1. The first-order valence-electron chi connectivity index (χ1n) is 6.29. The second-order valence-electron chi connectivity index (χ2n) is 4.12. The van der Waals surface area contributed by atoms with Gasteiger partial charge < -0.3 is 15.2 Å². The van der Waals surface area contributed by atoms with Gasteiger partial charge in [0.2, 0.25) is 0 Å². The summed E-state index contributed by atoms with van der Waals surface area (Å²) in [6.45, 7) is 2.40. The molecule has 0 amide bonds. The number of anilines is 1. The zero-order chi connectivity index (χ0) is 14.4. The largest absolute Gasteiger partial charge is 0.488 e. The van der Waals surface area contributed by atoms with E-state index in [0.29, 0.717) is 30.2 Å². The van der Waals surface area contributed by atoms with Crippen LogP contribution in [0, 0.1) is 0 Å². The Morgan fingerprint density at radius 1 is 1.25 bits per heavy atom. The summed E-state index contributed by atoms with van der Waals surface area (Å²) in [6.07, 6.45) is 3.38. The van der Waals surface area contributed by atoms with Crippen molar-refractivity contribution in [2.24, 2.45) is 0 Å². The number of ether oxygens (including phenoxy) is 2. The lowest BCUT2D eigenvalue weighted by Crippen LogP contribution is -2.08. The third kappa shape index (κ3) is 3.47. The Bertz CT molecular complexity index is 585. The van der Waals surface area contributed by atoms with Crippen molar-refractivity contribution in [3.05, 3.63) is 53.9 Å². The number of hydrogen-bond acceptors (Lipinski definition) is 5. The van der Waals surface area contributed by atoms with Crippen LogP contribution in [0.15, 0.2) is 42.7 Å². The van der Waals surface area contributed by atoms with Crippen LogP contribution in [0.2, 0.25) is 0 Å². The third-order valence-corrected chi connectivity index (χ3v) is 2.64. The topological polar surface area (TPSA) is 74.4 Å². The van der Waals surface area contributed by atoms with Crippen molar-refractivity contribution in [2.45, 2.75) is 13.5 Å². The van der Waals surface area contributed by atoms with E-state index >= 15 is 0 Å². The van der Waals surface area contributed by atoms with Crippen LogP contribution in [0.1, 0.15) is 22.8 Å². The molecule has 0 radical (unpaired) electrons. The fraction of sp³-hybridized carbons (Fsp3) is 0.200. The lowest BCUT2D eigenvalue weighted by Gasteiger charge is -2.11. The van der Waals surface area contributed by atoms with Gasteiger partial charge in [0.05, 0.1) is 6.61 Å². The average molecular weight is 272 g/mol. The summed E-state index contributed by atoms with van der Waals surface area (Å²) in [4.78, 5) is 15.8. The van der Waals surface area contributed by atoms with Crippen molar-refractivity contribution < 1.29 is 14.3 Å². The van der Waals surface area contributed by atoms with E-state index in [9.17, 15) is 4.79 Å². The highest BCUT2D eigenvalue weighted by molar-refractivity contribution is 5.93. The molecule has 0 saturated carbocycles. The molecule has 1 aromatic carbocycles. The van der Waals surface area contributed by atoms with Crippen molar-refractivity contribution >= 4 is 11.7 Å². The Kier molecular flexibility index (Phi) is 4.55. The van der Waals surface area contributed by atoms with Gasteiger partial charge in [0, 0.05) is 18.1 Å². The summed E-state index contributed by atoms with van der Waals surface area (Å²) < 4.78 is 10.7. The van der Waals surface area contributed by atoms with Crippen LogP contribution in [-0.2, 0) is 11.3 Å². The number of rotatable bonds is 5. The summed E-state index contributed by atoms with van der Waals surface area (Å²) in [5, 5.41) is 0. The molecule has 1 aromatic heterocycles. The maximum Gasteiger partial charge on any atom is 0.341 e. The molecule has 2 rings (SSSR count). The molecule has 0 aliphatic carbocycles. The van der Waals surface area contributed by atoms with Crippen molar-refractivity contribution in [2.75, 3.05) is 12.3 Å². The summed E-state index contributed by atoms with van der Waals surface area (Å²) in [5.41, 5.74) is 7.49. The number of pyridine rings is 1. The molecule has 0 atom stereocenters. The molecule has 20 heavy (non-hydrogen) atoms. The number of aromatic nitrogens is 1. The molecular formula is C15H16N2O3. The fourth-order valence-corrected chi connectivity index (χ4v) is 1.68. The zero-order valence-electron chi connectivity index (χ0n) is 11.2. The number of nitrogens with zero attached hydrogens (tertiary/aromatic N) is 1. The number of carbonyl (C=O) groups is 1. The van der Waals surface area contributed by atoms with Gasteiger partial charge in [-0.1, -0.05) is 0 Å². The van der Waals surface area contributed by atoms with E-state index in [2.05, 4.69) is 4.98 Å². The number of esters is 1. The van der Waals surface area contributed by atoms with E-state index in [4.69, 9.17) is 15.2 Å². The predicted molar refractivity (Wildman–Crippen MR) is 75.4 cm³/mol. The minimum absolute atomic E-state index is 0.303. The smallest absolute Gasteiger partial charge is 0.341 e. The van der Waals surface area contributed by atoms with Gasteiger partial charge in [0.1, 0.15) is 17.9 Å². The van der Waals surface area contributed by atoms with Crippen molar-refractivity contribution in [1.82, 2.24) is 4.98 Å². The van der Waals surface area contributed by atoms with Gasteiger partial charge in [-0.3, -0.25) is 4.98 Å². The Hall–Kier alpha value is -2.56. The van der Waals surface area contributed by atoms with Crippen molar-refractivity contribution in [1.29, 1.82) is 0 Å². The van der Waals surface area contributed by atoms with Crippen LogP contribution in [0.3, 0.4) is 0 Å². The number of hydrogen-bond donors (Lipinski definition) is 1. The van der Waals surface area contributed by atoms with Crippen LogP contribution in [0.25, 0.3) is 0 Å². The third-order valence-electron chi connectivity index (χ3n) is 2.64. The maximum absolute atomic E-state index is 11.9. The lowest BCUT2D eigenvalue weighted by molar-refractivity contribution is 0.0521. The van der Waals surface area contributed by atoms with Gasteiger partial charge in [-0.2, -0.15) is 0 Å². The van der Waals surface area contributed by atoms with Crippen LogP contribution >= 0.6 is 0 Å². The first-order valence-corrected chi connectivity index (χ1v) is 6.29. The van der Waals surface area contributed by atoms with Gasteiger partial charge in [-0.25, -0.2) is 4.79 Å². The van der Waals surface area contributed by atoms with E-state index in [0.717, 1.165) is 5.56 Å². The molecule has 0 saturated heterocycles. The minimum Gasteiger partial charge on any atom is -0.488 e. The van der Waals surface area contributed by atoms with E-state index in [1.165, 1.54) is 0 Å². The summed E-state index contributed by atoms with van der Waals surface area (Å²) in [7, 11) is 0.